The van der Waals surface area contributed by atoms with Gasteiger partial charge in [0.05, 0.1) is 36.5 Å². The molecule has 14 nitrogen and oxygen atoms in total. The zero-order valence-corrected chi connectivity index (χ0v) is 39.0. The summed E-state index contributed by atoms with van der Waals surface area (Å²) in [4.78, 5) is 42.7. The van der Waals surface area contributed by atoms with Crippen molar-refractivity contribution in [2.45, 2.75) is 119 Å². The van der Waals surface area contributed by atoms with Crippen LogP contribution >= 0.6 is 0 Å². The molecule has 11 atom stereocenters. The summed E-state index contributed by atoms with van der Waals surface area (Å²) in [5, 5.41) is -0.978. The molecule has 4 fully saturated rings. The Kier molecular flexibility index (Phi) is 14.4. The van der Waals surface area contributed by atoms with Crippen molar-refractivity contribution < 1.29 is 65.9 Å². The van der Waals surface area contributed by atoms with Crippen LogP contribution in [-0.4, -0.2) is 108 Å². The highest BCUT2D eigenvalue weighted by molar-refractivity contribution is 6.73. The van der Waals surface area contributed by atoms with Crippen LogP contribution in [0.3, 0.4) is 0 Å². The van der Waals surface area contributed by atoms with Gasteiger partial charge in [-0.1, -0.05) is 133 Å². The third-order valence-electron chi connectivity index (χ3n) is 12.1. The highest BCUT2D eigenvalue weighted by Gasteiger charge is 2.66. The summed E-state index contributed by atoms with van der Waals surface area (Å²) >= 11 is 0. The van der Waals surface area contributed by atoms with Gasteiger partial charge < -0.3 is 51.5 Å². The van der Waals surface area contributed by atoms with Gasteiger partial charge in [0.15, 0.2) is 37.2 Å². The number of hydrogen-bond acceptors (Lipinski definition) is 14. The van der Waals surface area contributed by atoms with Gasteiger partial charge in [-0.25, -0.2) is 14.4 Å². The average molecular weight is 923 g/mol. The molecule has 0 aliphatic carbocycles. The van der Waals surface area contributed by atoms with E-state index < -0.39 is 104 Å². The van der Waals surface area contributed by atoms with Crippen LogP contribution in [0.4, 0.5) is 0 Å². The summed E-state index contributed by atoms with van der Waals surface area (Å²) in [6.07, 6.45) is -11.2. The first-order chi connectivity index (χ1) is 31.7. The van der Waals surface area contributed by atoms with Gasteiger partial charge in [0.2, 0.25) is 0 Å². The summed E-state index contributed by atoms with van der Waals surface area (Å²) in [6.45, 7) is 16.3. The summed E-state index contributed by atoms with van der Waals surface area (Å²) in [7, 11) is -3.30. The fourth-order valence-electron chi connectivity index (χ4n) is 9.22. The monoisotopic (exact) mass is 922 g/mol. The number of carbonyl (C=O) groups is 3. The quantitative estimate of drug-likeness (QED) is 0.0580. The van der Waals surface area contributed by atoms with Crippen LogP contribution in [0.5, 0.6) is 0 Å². The second-order valence-corrected chi connectivity index (χ2v) is 23.5. The minimum atomic E-state index is -3.30. The first-order valence-electron chi connectivity index (χ1n) is 22.3. The molecule has 4 aromatic rings. The molecule has 4 heterocycles. The minimum absolute atomic E-state index is 0.0168. The van der Waals surface area contributed by atoms with Gasteiger partial charge in [0.25, 0.3) is 0 Å². The maximum atomic E-state index is 14.3. The summed E-state index contributed by atoms with van der Waals surface area (Å²) in [5.74, 6) is -2.12. The van der Waals surface area contributed by atoms with Crippen molar-refractivity contribution in [2.24, 2.45) is 0 Å². The van der Waals surface area contributed by atoms with Gasteiger partial charge in [-0.3, -0.25) is 0 Å². The third kappa shape index (κ3) is 9.96. The molecule has 8 rings (SSSR count). The molecule has 0 amide bonds. The molecule has 0 radical (unpaired) electrons. The molecule has 4 aliphatic heterocycles. The van der Waals surface area contributed by atoms with Crippen LogP contribution in [0.25, 0.3) is 0 Å². The number of fused-ring (bicyclic) bond motifs is 2. The van der Waals surface area contributed by atoms with Crippen LogP contribution in [-0.2, 0) is 51.5 Å². The Labute approximate surface area is 386 Å². The molecule has 0 unspecified atom stereocenters. The maximum absolute atomic E-state index is 14.3. The normalized spacial score (nSPS) is 29.6. The first kappa shape index (κ1) is 47.4. The Morgan fingerprint density at radius 2 is 1.05 bits per heavy atom. The zero-order chi connectivity index (χ0) is 46.6. The number of carbonyl (C=O) groups excluding carboxylic acids is 3. The van der Waals surface area contributed by atoms with Gasteiger partial charge in [-0.15, -0.1) is 6.58 Å². The Hall–Kier alpha value is -5.07. The van der Waals surface area contributed by atoms with Crippen LogP contribution in [0.1, 0.15) is 84.5 Å². The zero-order valence-electron chi connectivity index (χ0n) is 38.0. The molecule has 0 bridgehead atoms. The van der Waals surface area contributed by atoms with E-state index in [0.717, 1.165) is 5.56 Å². The van der Waals surface area contributed by atoms with Crippen molar-refractivity contribution in [3.63, 3.8) is 0 Å². The summed E-state index contributed by atoms with van der Waals surface area (Å²) < 4.78 is 73.0. The Bertz CT molecular complexity index is 2250. The van der Waals surface area contributed by atoms with Crippen molar-refractivity contribution in [1.29, 1.82) is 0 Å². The molecule has 350 valence electrons. The van der Waals surface area contributed by atoms with Gasteiger partial charge in [0, 0.05) is 15.6 Å². The summed E-state index contributed by atoms with van der Waals surface area (Å²) in [5.41, 5.74) is 1.47. The lowest BCUT2D eigenvalue weighted by Gasteiger charge is -2.58. The van der Waals surface area contributed by atoms with E-state index in [-0.39, 0.29) is 36.5 Å². The number of hydrogen-bond donors (Lipinski definition) is 0. The van der Waals surface area contributed by atoms with E-state index >= 15 is 0 Å². The molecule has 66 heavy (non-hydrogen) atoms. The first-order valence-corrected chi connectivity index (χ1v) is 24.1. The predicted octanol–water partition coefficient (Wildman–Crippen LogP) is 8.27. The van der Waals surface area contributed by atoms with E-state index in [0.29, 0.717) is 0 Å². The van der Waals surface area contributed by atoms with Crippen molar-refractivity contribution in [1.82, 2.24) is 0 Å². The molecule has 15 heteroatoms. The summed E-state index contributed by atoms with van der Waals surface area (Å²) in [6, 6.07) is 34.7. The molecular weight excluding hydrogens is 865 g/mol. The van der Waals surface area contributed by atoms with E-state index in [1.165, 1.54) is 6.08 Å². The lowest BCUT2D eigenvalue weighted by atomic mass is 9.95. The third-order valence-corrected chi connectivity index (χ3v) is 17.2. The standard InChI is InChI=1S/C51H58O14Si/c1-8-29-55-48-42(61-45(53)33-23-15-10-16-24-33)40(38-36(58-48)30-56-47(63-38)35-27-19-12-20-28-35)64-49-43(62-46(54)34-25-17-11-18-26-34)41(60-44(52)32-21-13-9-14-22-32)39-37(59-49)31-57-66(65-39,50(2,3)4)51(5,6)7/h8-28,36-43,47-49H,1,29-31H2,2-7H3/t36-,37-,38+,39+,40+,41+,42-,43-,47+,48-,49-/m1/s1. The molecule has 4 saturated heterocycles. The number of benzene rings is 4. The Balaban J connectivity index is 1.24. The molecule has 4 aliphatic rings. The lowest BCUT2D eigenvalue weighted by molar-refractivity contribution is -0.391. The topological polar surface area (TPSA) is 153 Å². The molecule has 0 N–H and O–H groups in total. The number of rotatable bonds is 12. The fraction of sp³-hybridized carbons (Fsp3) is 0.431. The van der Waals surface area contributed by atoms with E-state index in [2.05, 4.69) is 48.1 Å². The van der Waals surface area contributed by atoms with Gasteiger partial charge >= 0.3 is 26.5 Å². The largest absolute Gasteiger partial charge is 0.452 e. The fourth-order valence-corrected chi connectivity index (χ4v) is 14.2. The SMILES string of the molecule is C=CCO[C@@H]1O[C@@H]2CO[C@H](c3ccccc3)O[C@@H]2[C@H](O[C@H]2O[C@@H]3CO[Si](C(C)(C)C)(C(C)(C)C)O[C@@H]3[C@H](OC(=O)c3ccccc3)[C@H]2OC(=O)c2ccccc2)[C@H]1OC(=O)c1ccccc1. The van der Waals surface area contributed by atoms with E-state index in [1.54, 1.807) is 91.0 Å². The van der Waals surface area contributed by atoms with E-state index in [1.807, 2.05) is 30.3 Å². The smallest absolute Gasteiger partial charge is 0.349 e. The number of esters is 3. The highest BCUT2D eigenvalue weighted by Crippen LogP contribution is 2.55. The van der Waals surface area contributed by atoms with Crippen molar-refractivity contribution in [2.75, 3.05) is 19.8 Å². The van der Waals surface area contributed by atoms with Crippen molar-refractivity contribution >= 4 is 26.5 Å². The second kappa shape index (κ2) is 20.0. The Morgan fingerprint density at radius 3 is 1.55 bits per heavy atom. The molecule has 0 aromatic heterocycles. The molecule has 4 aromatic carbocycles. The minimum Gasteiger partial charge on any atom is -0.452 e. The second-order valence-electron chi connectivity index (χ2n) is 18.7. The van der Waals surface area contributed by atoms with Crippen LogP contribution in [0.15, 0.2) is 134 Å². The predicted molar refractivity (Wildman–Crippen MR) is 241 cm³/mol. The van der Waals surface area contributed by atoms with E-state index in [4.69, 9.17) is 51.5 Å². The molecule has 0 saturated carbocycles. The van der Waals surface area contributed by atoms with Crippen LogP contribution in [0, 0.1) is 0 Å². The highest BCUT2D eigenvalue weighted by atomic mass is 28.4. The van der Waals surface area contributed by atoms with E-state index in [9.17, 15) is 14.4 Å². The maximum Gasteiger partial charge on any atom is 0.349 e. The van der Waals surface area contributed by atoms with Gasteiger partial charge in [-0.2, -0.15) is 0 Å². The van der Waals surface area contributed by atoms with Crippen LogP contribution < -0.4 is 0 Å². The van der Waals surface area contributed by atoms with Crippen LogP contribution in [0.2, 0.25) is 10.1 Å². The van der Waals surface area contributed by atoms with Crippen molar-refractivity contribution in [3.05, 3.63) is 156 Å². The number of ether oxygens (including phenoxy) is 9. The lowest BCUT2D eigenvalue weighted by Crippen LogP contribution is -2.73. The van der Waals surface area contributed by atoms with Crippen molar-refractivity contribution in [3.8, 4) is 0 Å². The molecule has 0 spiro atoms. The Morgan fingerprint density at radius 1 is 0.591 bits per heavy atom. The average Bonchev–Trinajstić information content (AvgIpc) is 3.32. The van der Waals surface area contributed by atoms with Gasteiger partial charge in [0.1, 0.15) is 30.5 Å². The van der Waals surface area contributed by atoms with Gasteiger partial charge in [-0.05, 0) is 36.4 Å². The molecular formula is C51H58O14Si.